The van der Waals surface area contributed by atoms with Gasteiger partial charge in [-0.2, -0.15) is 5.26 Å². The molecule has 0 atom stereocenters. The number of nitriles is 1. The number of hydrogen-bond donors (Lipinski definition) is 1. The van der Waals surface area contributed by atoms with Crippen molar-refractivity contribution >= 4 is 17.3 Å². The van der Waals surface area contributed by atoms with Gasteiger partial charge in [0.2, 0.25) is 0 Å². The molecule has 1 aliphatic heterocycles. The largest absolute Gasteiger partial charge is 0.368 e. The van der Waals surface area contributed by atoms with Gasteiger partial charge in [-0.05, 0) is 47.4 Å². The molecule has 0 aromatic heterocycles. The molecule has 0 saturated carbocycles. The summed E-state index contributed by atoms with van der Waals surface area (Å²) in [6.45, 7) is 8.74. The first-order valence-corrected chi connectivity index (χ1v) is 10.0. The second-order valence-corrected chi connectivity index (χ2v) is 8.40. The van der Waals surface area contributed by atoms with Crippen molar-refractivity contribution in [3.05, 3.63) is 71.7 Å². The number of rotatable bonds is 4. The van der Waals surface area contributed by atoms with Crippen molar-refractivity contribution in [2.75, 3.05) is 36.4 Å². The maximum absolute atomic E-state index is 13.1. The second-order valence-electron chi connectivity index (χ2n) is 8.40. The highest BCUT2D eigenvalue weighted by atomic mass is 19.1. The first-order chi connectivity index (χ1) is 14.3. The lowest BCUT2D eigenvalue weighted by atomic mass is 9.87. The Balaban J connectivity index is 1.59. The monoisotopic (exact) mass is 406 g/mol. The normalized spacial score (nSPS) is 15.0. The van der Waals surface area contributed by atoms with Crippen molar-refractivity contribution in [1.82, 2.24) is 4.90 Å². The Morgan fingerprint density at radius 3 is 2.17 bits per heavy atom. The van der Waals surface area contributed by atoms with Gasteiger partial charge in [-0.3, -0.25) is 4.79 Å². The predicted octanol–water partition coefficient (Wildman–Crippen LogP) is 4.29. The summed E-state index contributed by atoms with van der Waals surface area (Å²) in [5.41, 5.74) is 3.11. The highest BCUT2D eigenvalue weighted by molar-refractivity contribution is 5.97. The van der Waals surface area contributed by atoms with Crippen LogP contribution < -0.4 is 10.2 Å². The Morgan fingerprint density at radius 1 is 1.03 bits per heavy atom. The highest BCUT2D eigenvalue weighted by Gasteiger charge is 2.24. The molecule has 0 radical (unpaired) electrons. The van der Waals surface area contributed by atoms with Crippen molar-refractivity contribution in [1.29, 1.82) is 5.26 Å². The van der Waals surface area contributed by atoms with Crippen molar-refractivity contribution in [3.8, 4) is 6.07 Å². The average Bonchev–Trinajstić information content (AvgIpc) is 2.74. The summed E-state index contributed by atoms with van der Waals surface area (Å²) >= 11 is 0. The predicted molar refractivity (Wildman–Crippen MR) is 118 cm³/mol. The van der Waals surface area contributed by atoms with Gasteiger partial charge in [0.25, 0.3) is 5.91 Å². The molecule has 1 fully saturated rings. The zero-order valence-electron chi connectivity index (χ0n) is 17.7. The van der Waals surface area contributed by atoms with Crippen LogP contribution >= 0.6 is 0 Å². The van der Waals surface area contributed by atoms with E-state index in [9.17, 15) is 14.4 Å². The van der Waals surface area contributed by atoms with Crippen LogP contribution in [0.1, 0.15) is 26.3 Å². The van der Waals surface area contributed by atoms with E-state index in [4.69, 9.17) is 0 Å². The van der Waals surface area contributed by atoms with Crippen LogP contribution in [0.25, 0.3) is 0 Å². The molecule has 0 bridgehead atoms. The molecule has 1 heterocycles. The third-order valence-electron chi connectivity index (χ3n) is 5.24. The second kappa shape index (κ2) is 9.00. The number of carbonyl (C=O) groups is 1. The summed E-state index contributed by atoms with van der Waals surface area (Å²) in [6, 6.07) is 16.3. The zero-order valence-corrected chi connectivity index (χ0v) is 17.7. The smallest absolute Gasteiger partial charge is 0.266 e. The van der Waals surface area contributed by atoms with Gasteiger partial charge in [0, 0.05) is 43.8 Å². The lowest BCUT2D eigenvalue weighted by Crippen LogP contribution is -2.49. The summed E-state index contributed by atoms with van der Waals surface area (Å²) < 4.78 is 13.1. The molecule has 2 aromatic rings. The molecular weight excluding hydrogens is 379 g/mol. The van der Waals surface area contributed by atoms with E-state index in [2.05, 4.69) is 31.0 Å². The molecule has 0 aliphatic carbocycles. The van der Waals surface area contributed by atoms with Crippen molar-refractivity contribution in [2.24, 2.45) is 0 Å². The van der Waals surface area contributed by atoms with Gasteiger partial charge in [-0.15, -0.1) is 0 Å². The molecule has 0 spiro atoms. The van der Waals surface area contributed by atoms with Crippen LogP contribution in [0.3, 0.4) is 0 Å². The van der Waals surface area contributed by atoms with Crippen LogP contribution in [0.5, 0.6) is 0 Å². The first-order valence-electron chi connectivity index (χ1n) is 10.0. The van der Waals surface area contributed by atoms with E-state index in [0.29, 0.717) is 26.2 Å². The van der Waals surface area contributed by atoms with Crippen LogP contribution in [0.15, 0.2) is 60.3 Å². The number of nitrogens with zero attached hydrogens (tertiary/aromatic N) is 3. The fourth-order valence-corrected chi connectivity index (χ4v) is 3.35. The molecule has 156 valence electrons. The Kier molecular flexibility index (Phi) is 6.41. The molecule has 3 rings (SSSR count). The Labute approximate surface area is 177 Å². The third-order valence-corrected chi connectivity index (χ3v) is 5.24. The fraction of sp³-hybridized carbons (Fsp3) is 0.333. The van der Waals surface area contributed by atoms with Crippen molar-refractivity contribution in [3.63, 3.8) is 0 Å². The molecule has 6 heteroatoms. The summed E-state index contributed by atoms with van der Waals surface area (Å²) in [5, 5.41) is 12.5. The molecule has 0 unspecified atom stereocenters. The number of amides is 1. The van der Waals surface area contributed by atoms with Crippen molar-refractivity contribution < 1.29 is 9.18 Å². The number of carbonyl (C=O) groups excluding carboxylic acids is 1. The minimum absolute atomic E-state index is 0.0677. The molecule has 30 heavy (non-hydrogen) atoms. The maximum atomic E-state index is 13.1. The van der Waals surface area contributed by atoms with Crippen LogP contribution in [0.2, 0.25) is 0 Å². The third kappa shape index (κ3) is 5.18. The Hall–Kier alpha value is -3.33. The molecular formula is C24H27FN4O. The lowest BCUT2D eigenvalue weighted by molar-refractivity contribution is -0.127. The molecule has 2 aromatic carbocycles. The summed E-state index contributed by atoms with van der Waals surface area (Å²) in [4.78, 5) is 16.5. The molecule has 1 aliphatic rings. The topological polar surface area (TPSA) is 59.4 Å². The standard InChI is InChI=1S/C24H27FN4O/c1-24(2,3)19-4-8-21(9-5-19)27-17-18(16-26)23(30)29-14-12-28(13-15-29)22-10-6-20(25)7-11-22/h4-11,17,27H,12-15H2,1-3H3/b18-17-. The quantitative estimate of drug-likeness (QED) is 0.608. The lowest BCUT2D eigenvalue weighted by Gasteiger charge is -2.36. The molecule has 1 N–H and O–H groups in total. The average molecular weight is 407 g/mol. The molecule has 5 nitrogen and oxygen atoms in total. The molecule has 1 amide bonds. The highest BCUT2D eigenvalue weighted by Crippen LogP contribution is 2.23. The van der Waals surface area contributed by atoms with E-state index in [1.165, 1.54) is 23.9 Å². The van der Waals surface area contributed by atoms with Crippen molar-refractivity contribution in [2.45, 2.75) is 26.2 Å². The van der Waals surface area contributed by atoms with E-state index in [1.807, 2.05) is 30.3 Å². The first kappa shape index (κ1) is 21.4. The minimum Gasteiger partial charge on any atom is -0.368 e. The Morgan fingerprint density at radius 2 is 1.63 bits per heavy atom. The van der Waals surface area contributed by atoms with Gasteiger partial charge in [0.15, 0.2) is 0 Å². The number of nitrogens with one attached hydrogen (secondary N) is 1. The van der Waals surface area contributed by atoms with E-state index < -0.39 is 0 Å². The number of benzene rings is 2. The van der Waals surface area contributed by atoms with E-state index >= 15 is 0 Å². The van der Waals surface area contributed by atoms with E-state index in [0.717, 1.165) is 11.4 Å². The van der Waals surface area contributed by atoms with Gasteiger partial charge in [0.05, 0.1) is 0 Å². The fourth-order valence-electron chi connectivity index (χ4n) is 3.35. The van der Waals surface area contributed by atoms with Gasteiger partial charge >= 0.3 is 0 Å². The summed E-state index contributed by atoms with van der Waals surface area (Å²) in [7, 11) is 0. The van der Waals surface area contributed by atoms with Crippen LogP contribution in [-0.2, 0) is 10.2 Å². The molecule has 1 saturated heterocycles. The summed E-state index contributed by atoms with van der Waals surface area (Å²) in [6.07, 6.45) is 1.47. The Bertz CT molecular complexity index is 945. The van der Waals surface area contributed by atoms with Gasteiger partial charge in [0.1, 0.15) is 17.5 Å². The van der Waals surface area contributed by atoms with E-state index in [1.54, 1.807) is 17.0 Å². The van der Waals surface area contributed by atoms with Crippen LogP contribution in [-0.4, -0.2) is 37.0 Å². The zero-order chi connectivity index (χ0) is 21.7. The SMILES string of the molecule is CC(C)(C)c1ccc(N/C=C(/C#N)C(=O)N2CCN(c3ccc(F)cc3)CC2)cc1. The number of anilines is 2. The number of piperazine rings is 1. The maximum Gasteiger partial charge on any atom is 0.266 e. The summed E-state index contributed by atoms with van der Waals surface area (Å²) in [5.74, 6) is -0.549. The van der Waals surface area contributed by atoms with Gasteiger partial charge in [-0.1, -0.05) is 32.9 Å². The number of hydrogen-bond acceptors (Lipinski definition) is 4. The van der Waals surface area contributed by atoms with Crippen LogP contribution in [0, 0.1) is 17.1 Å². The van der Waals surface area contributed by atoms with Gasteiger partial charge in [-0.25, -0.2) is 4.39 Å². The van der Waals surface area contributed by atoms with Crippen LogP contribution in [0.4, 0.5) is 15.8 Å². The van der Waals surface area contributed by atoms with Gasteiger partial charge < -0.3 is 15.1 Å². The van der Waals surface area contributed by atoms with E-state index in [-0.39, 0.29) is 22.7 Å². The number of halogens is 1. The minimum atomic E-state index is -0.282.